The van der Waals surface area contributed by atoms with Gasteiger partial charge in [0.2, 0.25) is 5.91 Å². The average molecular weight is 325 g/mol. The molecule has 0 bridgehead atoms. The largest absolute Gasteiger partial charge is 0.497 e. The molecule has 5 heteroatoms. The Hall–Kier alpha value is -1.20. The van der Waals surface area contributed by atoms with Crippen LogP contribution in [0.1, 0.15) is 41.0 Å². The zero-order chi connectivity index (χ0) is 16.8. The van der Waals surface area contributed by atoms with Crippen molar-refractivity contribution in [1.29, 1.82) is 0 Å². The molecule has 0 saturated carbocycles. The molecule has 2 unspecified atom stereocenters. The van der Waals surface area contributed by atoms with E-state index in [0.29, 0.717) is 0 Å². The molecule has 1 N–H and O–H groups in total. The average Bonchev–Trinajstić information content (AvgIpc) is 2.49. The third-order valence-corrected chi connectivity index (χ3v) is 4.77. The topological polar surface area (TPSA) is 47.6 Å². The summed E-state index contributed by atoms with van der Waals surface area (Å²) >= 11 is 1.71. The molecule has 124 valence electrons. The Bertz CT molecular complexity index is 468. The van der Waals surface area contributed by atoms with Crippen LogP contribution in [0.2, 0.25) is 0 Å². The molecule has 1 amide bonds. The van der Waals surface area contributed by atoms with Crippen molar-refractivity contribution in [2.75, 3.05) is 7.11 Å². The third-order valence-electron chi connectivity index (χ3n) is 3.18. The smallest absolute Gasteiger partial charge is 0.247 e. The van der Waals surface area contributed by atoms with Gasteiger partial charge in [0.15, 0.2) is 0 Å². The maximum Gasteiger partial charge on any atom is 0.247 e. The molecule has 1 aromatic carbocycles. The van der Waals surface area contributed by atoms with Gasteiger partial charge in [-0.25, -0.2) is 5.48 Å². The summed E-state index contributed by atoms with van der Waals surface area (Å²) in [6.07, 6.45) is 0.904. The standard InChI is InChI=1S/C17H27NO3S/c1-7-15(12(2)16(19)18-21-17(3,4)5)22-14-10-8-13(20-6)9-11-14/h8-12,15H,7H2,1-6H3,(H,18,19). The lowest BCUT2D eigenvalue weighted by Crippen LogP contribution is -2.39. The van der Waals surface area contributed by atoms with Crippen LogP contribution in [0.4, 0.5) is 0 Å². The monoisotopic (exact) mass is 325 g/mol. The van der Waals surface area contributed by atoms with Crippen LogP contribution in [-0.2, 0) is 9.63 Å². The molecule has 0 radical (unpaired) electrons. The van der Waals surface area contributed by atoms with Crippen LogP contribution in [0.25, 0.3) is 0 Å². The van der Waals surface area contributed by atoms with Crippen molar-refractivity contribution < 1.29 is 14.4 Å². The first-order valence-electron chi connectivity index (χ1n) is 7.55. The van der Waals surface area contributed by atoms with E-state index in [1.807, 2.05) is 52.0 Å². The third kappa shape index (κ3) is 6.28. The van der Waals surface area contributed by atoms with E-state index < -0.39 is 0 Å². The van der Waals surface area contributed by atoms with Gasteiger partial charge in [-0.1, -0.05) is 13.8 Å². The molecule has 0 aromatic heterocycles. The van der Waals surface area contributed by atoms with Crippen LogP contribution in [-0.4, -0.2) is 23.9 Å². The Kier molecular flexibility index (Phi) is 7.23. The fraction of sp³-hybridized carbons (Fsp3) is 0.588. The predicted molar refractivity (Wildman–Crippen MR) is 91.1 cm³/mol. The minimum Gasteiger partial charge on any atom is -0.497 e. The maximum absolute atomic E-state index is 12.2. The molecular formula is C17H27NO3S. The molecule has 0 heterocycles. The SMILES string of the molecule is CCC(Sc1ccc(OC)cc1)C(C)C(=O)NOC(C)(C)C. The van der Waals surface area contributed by atoms with Gasteiger partial charge >= 0.3 is 0 Å². The van der Waals surface area contributed by atoms with Gasteiger partial charge in [-0.05, 0) is 51.5 Å². The summed E-state index contributed by atoms with van der Waals surface area (Å²) < 4.78 is 5.16. The summed E-state index contributed by atoms with van der Waals surface area (Å²) in [4.78, 5) is 18.7. The van der Waals surface area contributed by atoms with Crippen molar-refractivity contribution in [3.8, 4) is 5.75 Å². The number of thioether (sulfide) groups is 1. The fourth-order valence-corrected chi connectivity index (χ4v) is 2.97. The van der Waals surface area contributed by atoms with Crippen LogP contribution in [0.15, 0.2) is 29.2 Å². The molecule has 2 atom stereocenters. The van der Waals surface area contributed by atoms with Crippen LogP contribution in [0.5, 0.6) is 5.75 Å². The Balaban J connectivity index is 2.63. The first kappa shape index (κ1) is 18.8. The first-order valence-corrected chi connectivity index (χ1v) is 8.43. The van der Waals surface area contributed by atoms with Gasteiger partial charge in [0, 0.05) is 16.1 Å². The number of methoxy groups -OCH3 is 1. The lowest BCUT2D eigenvalue weighted by Gasteiger charge is -2.24. The molecule has 4 nitrogen and oxygen atoms in total. The van der Waals surface area contributed by atoms with E-state index in [1.54, 1.807) is 18.9 Å². The normalized spacial score (nSPS) is 14.3. The second-order valence-corrected chi connectivity index (χ2v) is 7.52. The van der Waals surface area contributed by atoms with E-state index in [4.69, 9.17) is 9.57 Å². The molecule has 0 aliphatic heterocycles. The van der Waals surface area contributed by atoms with Gasteiger partial charge in [-0.2, -0.15) is 0 Å². The van der Waals surface area contributed by atoms with Gasteiger partial charge < -0.3 is 4.74 Å². The highest BCUT2D eigenvalue weighted by Gasteiger charge is 2.25. The second kappa shape index (κ2) is 8.44. The van der Waals surface area contributed by atoms with Crippen molar-refractivity contribution in [2.45, 2.75) is 56.8 Å². The highest BCUT2D eigenvalue weighted by Crippen LogP contribution is 2.31. The molecule has 0 saturated heterocycles. The second-order valence-electron chi connectivity index (χ2n) is 6.21. The summed E-state index contributed by atoms with van der Waals surface area (Å²) in [6.45, 7) is 9.74. The molecular weight excluding hydrogens is 298 g/mol. The minimum atomic E-state index is -0.389. The molecule has 1 aromatic rings. The summed E-state index contributed by atoms with van der Waals surface area (Å²) in [5.74, 6) is 0.615. The van der Waals surface area contributed by atoms with E-state index in [2.05, 4.69) is 12.4 Å². The molecule has 0 fully saturated rings. The lowest BCUT2D eigenvalue weighted by atomic mass is 10.1. The molecule has 22 heavy (non-hydrogen) atoms. The minimum absolute atomic E-state index is 0.0808. The number of rotatable bonds is 7. The van der Waals surface area contributed by atoms with E-state index in [1.165, 1.54) is 0 Å². The first-order chi connectivity index (χ1) is 10.3. The predicted octanol–water partition coefficient (Wildman–Crippen LogP) is 4.05. The zero-order valence-electron chi connectivity index (χ0n) is 14.3. The van der Waals surface area contributed by atoms with Crippen molar-refractivity contribution in [2.24, 2.45) is 5.92 Å². The summed E-state index contributed by atoms with van der Waals surface area (Å²) in [6, 6.07) is 7.90. The number of hydrogen-bond acceptors (Lipinski definition) is 4. The number of carbonyl (C=O) groups is 1. The summed E-state index contributed by atoms with van der Waals surface area (Å²) in [5.41, 5.74) is 2.18. The quantitative estimate of drug-likeness (QED) is 0.607. The molecule has 0 aliphatic rings. The highest BCUT2D eigenvalue weighted by molar-refractivity contribution is 8.00. The zero-order valence-corrected chi connectivity index (χ0v) is 15.1. The number of hydrogen-bond donors (Lipinski definition) is 1. The number of amides is 1. The fourth-order valence-electron chi connectivity index (χ4n) is 1.83. The van der Waals surface area contributed by atoms with Gasteiger partial charge in [-0.3, -0.25) is 9.63 Å². The van der Waals surface area contributed by atoms with Crippen molar-refractivity contribution in [3.05, 3.63) is 24.3 Å². The van der Waals surface area contributed by atoms with E-state index in [-0.39, 0.29) is 22.7 Å². The van der Waals surface area contributed by atoms with E-state index in [0.717, 1.165) is 17.1 Å². The van der Waals surface area contributed by atoms with E-state index in [9.17, 15) is 4.79 Å². The van der Waals surface area contributed by atoms with Crippen molar-refractivity contribution in [3.63, 3.8) is 0 Å². The van der Waals surface area contributed by atoms with Gasteiger partial charge in [0.25, 0.3) is 0 Å². The van der Waals surface area contributed by atoms with Gasteiger partial charge in [0.1, 0.15) is 5.75 Å². The Morgan fingerprint density at radius 1 is 1.27 bits per heavy atom. The number of benzene rings is 1. The molecule has 0 aliphatic carbocycles. The van der Waals surface area contributed by atoms with Crippen molar-refractivity contribution >= 4 is 17.7 Å². The van der Waals surface area contributed by atoms with Crippen LogP contribution >= 0.6 is 11.8 Å². The van der Waals surface area contributed by atoms with Crippen LogP contribution < -0.4 is 10.2 Å². The summed E-state index contributed by atoms with van der Waals surface area (Å²) in [7, 11) is 1.65. The lowest BCUT2D eigenvalue weighted by molar-refractivity contribution is -0.149. The van der Waals surface area contributed by atoms with E-state index >= 15 is 0 Å². The highest BCUT2D eigenvalue weighted by atomic mass is 32.2. The Labute approximate surface area is 137 Å². The van der Waals surface area contributed by atoms with Crippen LogP contribution in [0, 0.1) is 5.92 Å². The van der Waals surface area contributed by atoms with Crippen molar-refractivity contribution in [1.82, 2.24) is 5.48 Å². The van der Waals surface area contributed by atoms with Crippen LogP contribution in [0.3, 0.4) is 0 Å². The Morgan fingerprint density at radius 2 is 1.86 bits per heavy atom. The molecule has 0 spiro atoms. The molecule has 1 rings (SSSR count). The van der Waals surface area contributed by atoms with Gasteiger partial charge in [0.05, 0.1) is 12.7 Å². The summed E-state index contributed by atoms with van der Waals surface area (Å²) in [5, 5.41) is 0.192. The Morgan fingerprint density at radius 3 is 2.32 bits per heavy atom. The maximum atomic E-state index is 12.2. The number of ether oxygens (including phenoxy) is 1. The number of hydroxylamine groups is 1. The number of carbonyl (C=O) groups excluding carboxylic acids is 1. The van der Waals surface area contributed by atoms with Gasteiger partial charge in [-0.15, -0.1) is 11.8 Å². The number of nitrogens with one attached hydrogen (secondary N) is 1.